The van der Waals surface area contributed by atoms with Gasteiger partial charge in [-0.05, 0) is 18.6 Å². The van der Waals surface area contributed by atoms with Crippen molar-refractivity contribution in [3.05, 3.63) is 40.4 Å². The van der Waals surface area contributed by atoms with E-state index in [1.165, 1.54) is 0 Å². The average Bonchev–Trinajstić information content (AvgIpc) is 3.32. The second-order valence-electron chi connectivity index (χ2n) is 6.91. The second-order valence-corrected chi connectivity index (χ2v) is 8.21. The Kier molecular flexibility index (Phi) is 5.43. The van der Waals surface area contributed by atoms with Crippen LogP contribution in [0.25, 0.3) is 10.6 Å². The van der Waals surface area contributed by atoms with E-state index in [4.69, 9.17) is 16.6 Å². The van der Waals surface area contributed by atoms with E-state index in [9.17, 15) is 9.59 Å². The van der Waals surface area contributed by atoms with Crippen LogP contribution in [0, 0.1) is 0 Å². The maximum absolute atomic E-state index is 12.5. The SMILES string of the molecule is O=C1CCC(C(=O)N2CCN(Cc3csc(-c4ccc(Cl)cc4)n3)CC2)N1. The maximum Gasteiger partial charge on any atom is 0.245 e. The minimum absolute atomic E-state index is 0.0213. The summed E-state index contributed by atoms with van der Waals surface area (Å²) in [7, 11) is 0. The number of carbonyl (C=O) groups is 2. The van der Waals surface area contributed by atoms with E-state index in [0.717, 1.165) is 40.9 Å². The summed E-state index contributed by atoms with van der Waals surface area (Å²) in [6, 6.07) is 7.39. The molecule has 1 aromatic heterocycles. The van der Waals surface area contributed by atoms with Crippen molar-refractivity contribution < 1.29 is 9.59 Å². The molecular formula is C19H21ClN4O2S. The van der Waals surface area contributed by atoms with Gasteiger partial charge in [0.05, 0.1) is 5.69 Å². The molecule has 8 heteroatoms. The minimum Gasteiger partial charge on any atom is -0.344 e. The summed E-state index contributed by atoms with van der Waals surface area (Å²) in [6.07, 6.45) is 1.07. The molecule has 3 heterocycles. The number of carbonyl (C=O) groups excluding carboxylic acids is 2. The third-order valence-electron chi connectivity index (χ3n) is 5.01. The van der Waals surface area contributed by atoms with E-state index >= 15 is 0 Å². The van der Waals surface area contributed by atoms with Crippen molar-refractivity contribution in [2.45, 2.75) is 25.4 Å². The number of hydrogen-bond donors (Lipinski definition) is 1. The smallest absolute Gasteiger partial charge is 0.245 e. The Morgan fingerprint density at radius 1 is 1.22 bits per heavy atom. The number of amides is 2. The summed E-state index contributed by atoms with van der Waals surface area (Å²) in [4.78, 5) is 32.7. The predicted octanol–water partition coefficient (Wildman–Crippen LogP) is 2.39. The second kappa shape index (κ2) is 7.96. The lowest BCUT2D eigenvalue weighted by Crippen LogP contribution is -2.53. The molecule has 1 atom stereocenters. The maximum atomic E-state index is 12.5. The molecule has 2 aromatic rings. The number of benzene rings is 1. The summed E-state index contributed by atoms with van der Waals surface area (Å²) in [5.41, 5.74) is 2.12. The zero-order valence-corrected chi connectivity index (χ0v) is 16.4. The van der Waals surface area contributed by atoms with Gasteiger partial charge in [0.15, 0.2) is 0 Å². The molecule has 2 fully saturated rings. The van der Waals surface area contributed by atoms with E-state index in [-0.39, 0.29) is 17.9 Å². The summed E-state index contributed by atoms with van der Waals surface area (Å²) < 4.78 is 0. The number of thiazole rings is 1. The molecule has 2 aliphatic heterocycles. The van der Waals surface area contributed by atoms with Crippen LogP contribution in [0.5, 0.6) is 0 Å². The molecule has 27 heavy (non-hydrogen) atoms. The minimum atomic E-state index is -0.329. The van der Waals surface area contributed by atoms with Gasteiger partial charge in [-0.2, -0.15) is 0 Å². The number of halogens is 1. The van der Waals surface area contributed by atoms with Crippen LogP contribution in [0.15, 0.2) is 29.6 Å². The molecule has 2 saturated heterocycles. The molecule has 0 radical (unpaired) electrons. The molecule has 6 nitrogen and oxygen atoms in total. The fraction of sp³-hybridized carbons (Fsp3) is 0.421. The number of nitrogens with one attached hydrogen (secondary N) is 1. The lowest BCUT2D eigenvalue weighted by atomic mass is 10.2. The van der Waals surface area contributed by atoms with Crippen molar-refractivity contribution in [3.8, 4) is 10.6 Å². The molecule has 1 aromatic carbocycles. The Morgan fingerprint density at radius 2 is 1.96 bits per heavy atom. The van der Waals surface area contributed by atoms with Gasteiger partial charge in [-0.15, -0.1) is 11.3 Å². The molecule has 1 unspecified atom stereocenters. The van der Waals surface area contributed by atoms with Gasteiger partial charge in [-0.3, -0.25) is 14.5 Å². The average molecular weight is 405 g/mol. The predicted molar refractivity (Wildman–Crippen MR) is 106 cm³/mol. The quantitative estimate of drug-likeness (QED) is 0.849. The molecular weight excluding hydrogens is 384 g/mol. The molecule has 2 amide bonds. The Balaban J connectivity index is 1.30. The summed E-state index contributed by atoms with van der Waals surface area (Å²) in [5, 5.41) is 6.57. The van der Waals surface area contributed by atoms with Gasteiger partial charge in [0.2, 0.25) is 11.8 Å². The van der Waals surface area contributed by atoms with Crippen molar-refractivity contribution in [2.75, 3.05) is 26.2 Å². The summed E-state index contributed by atoms with van der Waals surface area (Å²) in [5.74, 6) is 0.0335. The fourth-order valence-corrected chi connectivity index (χ4v) is 4.42. The lowest BCUT2D eigenvalue weighted by molar-refractivity contribution is -0.136. The van der Waals surface area contributed by atoms with Gasteiger partial charge in [0, 0.05) is 55.1 Å². The zero-order valence-electron chi connectivity index (χ0n) is 14.9. The molecule has 0 saturated carbocycles. The molecule has 0 bridgehead atoms. The van der Waals surface area contributed by atoms with Crippen molar-refractivity contribution in [1.29, 1.82) is 0 Å². The molecule has 2 aliphatic rings. The highest BCUT2D eigenvalue weighted by Crippen LogP contribution is 2.25. The van der Waals surface area contributed by atoms with Gasteiger partial charge >= 0.3 is 0 Å². The zero-order chi connectivity index (χ0) is 18.8. The third-order valence-corrected chi connectivity index (χ3v) is 6.20. The number of rotatable bonds is 4. The van der Waals surface area contributed by atoms with Gasteiger partial charge in [0.25, 0.3) is 0 Å². The number of piperazine rings is 1. The Labute approximate surface area is 167 Å². The largest absolute Gasteiger partial charge is 0.344 e. The van der Waals surface area contributed by atoms with Crippen LogP contribution in [0.1, 0.15) is 18.5 Å². The first kappa shape index (κ1) is 18.4. The fourth-order valence-electron chi connectivity index (χ4n) is 3.48. The lowest BCUT2D eigenvalue weighted by Gasteiger charge is -2.35. The summed E-state index contributed by atoms with van der Waals surface area (Å²) in [6.45, 7) is 3.81. The van der Waals surface area contributed by atoms with Gasteiger partial charge < -0.3 is 10.2 Å². The van der Waals surface area contributed by atoms with Crippen LogP contribution in [0.4, 0.5) is 0 Å². The van der Waals surface area contributed by atoms with Crippen LogP contribution >= 0.6 is 22.9 Å². The first-order valence-electron chi connectivity index (χ1n) is 9.09. The third kappa shape index (κ3) is 4.31. The molecule has 0 spiro atoms. The van der Waals surface area contributed by atoms with Crippen LogP contribution in [0.2, 0.25) is 5.02 Å². The Morgan fingerprint density at radius 3 is 2.63 bits per heavy atom. The van der Waals surface area contributed by atoms with E-state index < -0.39 is 0 Å². The highest BCUT2D eigenvalue weighted by Gasteiger charge is 2.32. The van der Waals surface area contributed by atoms with Crippen molar-refractivity contribution in [1.82, 2.24) is 20.1 Å². The highest BCUT2D eigenvalue weighted by molar-refractivity contribution is 7.13. The van der Waals surface area contributed by atoms with Gasteiger partial charge in [-0.25, -0.2) is 4.98 Å². The number of aromatic nitrogens is 1. The van der Waals surface area contributed by atoms with Crippen LogP contribution in [0.3, 0.4) is 0 Å². The highest BCUT2D eigenvalue weighted by atomic mass is 35.5. The monoisotopic (exact) mass is 404 g/mol. The molecule has 1 N–H and O–H groups in total. The standard InChI is InChI=1S/C19H21ClN4O2S/c20-14-3-1-13(2-4-14)18-21-15(12-27-18)11-23-7-9-24(10-8-23)19(26)16-5-6-17(25)22-16/h1-4,12,16H,5-11H2,(H,22,25). The topological polar surface area (TPSA) is 65.5 Å². The van der Waals surface area contributed by atoms with Crippen molar-refractivity contribution in [3.63, 3.8) is 0 Å². The molecule has 4 rings (SSSR count). The van der Waals surface area contributed by atoms with Crippen LogP contribution in [-0.4, -0.2) is 58.8 Å². The number of nitrogens with zero attached hydrogens (tertiary/aromatic N) is 3. The van der Waals surface area contributed by atoms with E-state index in [1.54, 1.807) is 11.3 Å². The van der Waals surface area contributed by atoms with Crippen molar-refractivity contribution in [2.24, 2.45) is 0 Å². The molecule has 142 valence electrons. The number of hydrogen-bond acceptors (Lipinski definition) is 5. The Bertz CT molecular complexity index is 830. The summed E-state index contributed by atoms with van der Waals surface area (Å²) >= 11 is 7.58. The first-order valence-corrected chi connectivity index (χ1v) is 10.3. The van der Waals surface area contributed by atoms with E-state index in [0.29, 0.717) is 25.9 Å². The van der Waals surface area contributed by atoms with E-state index in [2.05, 4.69) is 15.6 Å². The van der Waals surface area contributed by atoms with E-state index in [1.807, 2.05) is 29.2 Å². The van der Waals surface area contributed by atoms with Crippen molar-refractivity contribution >= 4 is 34.8 Å². The van der Waals surface area contributed by atoms with Gasteiger partial charge in [0.1, 0.15) is 11.0 Å². The van der Waals surface area contributed by atoms with Crippen LogP contribution < -0.4 is 5.32 Å². The van der Waals surface area contributed by atoms with Gasteiger partial charge in [-0.1, -0.05) is 23.7 Å². The Hall–Kier alpha value is -1.96. The van der Waals surface area contributed by atoms with Crippen LogP contribution in [-0.2, 0) is 16.1 Å². The molecule has 0 aliphatic carbocycles. The first-order chi connectivity index (χ1) is 13.1. The normalized spacial score (nSPS) is 20.7.